The molecule has 0 aromatic rings. The van der Waals surface area contributed by atoms with Crippen molar-refractivity contribution in [3.8, 4) is 12.3 Å². The highest BCUT2D eigenvalue weighted by molar-refractivity contribution is 5.78. The largest absolute Gasteiger partial charge is 0.452 e. The Bertz CT molecular complexity index is 327. The van der Waals surface area contributed by atoms with Gasteiger partial charge in [-0.2, -0.15) is 0 Å². The van der Waals surface area contributed by atoms with Crippen LogP contribution in [0.25, 0.3) is 0 Å². The van der Waals surface area contributed by atoms with Crippen LogP contribution in [-0.4, -0.2) is 12.6 Å². The highest BCUT2D eigenvalue weighted by Crippen LogP contribution is 2.59. The fourth-order valence-electron chi connectivity index (χ4n) is 2.00. The lowest BCUT2D eigenvalue weighted by atomic mass is 10.1. The van der Waals surface area contributed by atoms with Crippen molar-refractivity contribution in [2.24, 2.45) is 17.3 Å². The molecule has 0 saturated heterocycles. The van der Waals surface area contributed by atoms with E-state index in [-0.39, 0.29) is 23.9 Å². The van der Waals surface area contributed by atoms with Gasteiger partial charge in [0.15, 0.2) is 6.61 Å². The number of ether oxygens (including phenoxy) is 1. The second-order valence-corrected chi connectivity index (χ2v) is 4.88. The van der Waals surface area contributed by atoms with Crippen molar-refractivity contribution < 1.29 is 9.53 Å². The number of esters is 1. The Labute approximate surface area is 91.7 Å². The summed E-state index contributed by atoms with van der Waals surface area (Å²) in [4.78, 5) is 11.6. The Hall–Kier alpha value is -1.23. The van der Waals surface area contributed by atoms with E-state index in [0.717, 1.165) is 0 Å². The van der Waals surface area contributed by atoms with E-state index in [2.05, 4.69) is 25.8 Å². The molecule has 2 heteroatoms. The van der Waals surface area contributed by atoms with Crippen LogP contribution < -0.4 is 0 Å². The van der Waals surface area contributed by atoms with Gasteiger partial charge >= 0.3 is 5.97 Å². The van der Waals surface area contributed by atoms with Crippen molar-refractivity contribution in [3.05, 3.63) is 11.6 Å². The molecule has 0 aliphatic heterocycles. The molecule has 0 aromatic heterocycles. The molecule has 0 heterocycles. The van der Waals surface area contributed by atoms with Crippen molar-refractivity contribution in [1.29, 1.82) is 0 Å². The molecular weight excluding hydrogens is 188 g/mol. The fourth-order valence-corrected chi connectivity index (χ4v) is 2.00. The van der Waals surface area contributed by atoms with Crippen molar-refractivity contribution in [2.75, 3.05) is 6.61 Å². The van der Waals surface area contributed by atoms with E-state index in [1.54, 1.807) is 0 Å². The Morgan fingerprint density at radius 1 is 1.53 bits per heavy atom. The van der Waals surface area contributed by atoms with Gasteiger partial charge in [0, 0.05) is 0 Å². The second-order valence-electron chi connectivity index (χ2n) is 4.88. The lowest BCUT2D eigenvalue weighted by Crippen LogP contribution is -2.10. The highest BCUT2D eigenvalue weighted by Gasteiger charge is 2.61. The summed E-state index contributed by atoms with van der Waals surface area (Å²) in [7, 11) is 0. The third-order valence-corrected chi connectivity index (χ3v) is 2.98. The molecule has 0 amide bonds. The van der Waals surface area contributed by atoms with Crippen LogP contribution >= 0.6 is 0 Å². The summed E-state index contributed by atoms with van der Waals surface area (Å²) in [5.41, 5.74) is 1.25. The van der Waals surface area contributed by atoms with Gasteiger partial charge < -0.3 is 4.74 Å². The molecule has 2 atom stereocenters. The van der Waals surface area contributed by atoms with Crippen LogP contribution in [0.5, 0.6) is 0 Å². The minimum absolute atomic E-state index is 0.0168. The average molecular weight is 206 g/mol. The summed E-state index contributed by atoms with van der Waals surface area (Å²) in [6, 6.07) is 0. The maximum absolute atomic E-state index is 11.6. The van der Waals surface area contributed by atoms with Crippen molar-refractivity contribution in [2.45, 2.75) is 27.7 Å². The number of hydrogen-bond donors (Lipinski definition) is 0. The molecular formula is C13H18O2. The maximum Gasteiger partial charge on any atom is 0.311 e. The van der Waals surface area contributed by atoms with Gasteiger partial charge in [-0.15, -0.1) is 6.42 Å². The van der Waals surface area contributed by atoms with E-state index >= 15 is 0 Å². The third kappa shape index (κ3) is 2.41. The molecule has 1 rings (SSSR count). The highest BCUT2D eigenvalue weighted by atomic mass is 16.5. The summed E-state index contributed by atoms with van der Waals surface area (Å²) in [6.07, 6.45) is 7.18. The second kappa shape index (κ2) is 4.10. The van der Waals surface area contributed by atoms with Gasteiger partial charge in [-0.05, 0) is 25.2 Å². The summed E-state index contributed by atoms with van der Waals surface area (Å²) >= 11 is 0. The SMILES string of the molecule is C#CCOC(=O)C1C(C=C(C)C)C1(C)C. The number of carbonyl (C=O) groups excluding carboxylic acids is 1. The van der Waals surface area contributed by atoms with Gasteiger partial charge in [-0.25, -0.2) is 0 Å². The quantitative estimate of drug-likeness (QED) is 0.402. The summed E-state index contributed by atoms with van der Waals surface area (Å²) in [5, 5.41) is 0. The molecule has 1 aliphatic carbocycles. The van der Waals surface area contributed by atoms with Gasteiger partial charge in [0.2, 0.25) is 0 Å². The number of allylic oxidation sites excluding steroid dienone is 2. The molecule has 0 radical (unpaired) electrons. The number of carbonyl (C=O) groups is 1. The molecule has 1 aliphatic rings. The van der Waals surface area contributed by atoms with Gasteiger partial charge in [-0.3, -0.25) is 4.79 Å². The molecule has 2 unspecified atom stereocenters. The Morgan fingerprint density at radius 2 is 2.13 bits per heavy atom. The van der Waals surface area contributed by atoms with Gasteiger partial charge in [0.1, 0.15) is 0 Å². The molecule has 1 fully saturated rings. The van der Waals surface area contributed by atoms with E-state index in [0.29, 0.717) is 5.92 Å². The Balaban J connectivity index is 2.63. The maximum atomic E-state index is 11.6. The molecule has 2 nitrogen and oxygen atoms in total. The first kappa shape index (κ1) is 11.8. The molecule has 82 valence electrons. The zero-order chi connectivity index (χ0) is 11.6. The Kier molecular flexibility index (Phi) is 3.24. The van der Waals surface area contributed by atoms with Crippen molar-refractivity contribution >= 4 is 5.97 Å². The zero-order valence-electron chi connectivity index (χ0n) is 9.83. The normalized spacial score (nSPS) is 26.3. The van der Waals surface area contributed by atoms with Crippen LogP contribution in [0.2, 0.25) is 0 Å². The van der Waals surface area contributed by atoms with E-state index in [9.17, 15) is 4.79 Å². The van der Waals surface area contributed by atoms with E-state index < -0.39 is 0 Å². The Morgan fingerprint density at radius 3 is 2.60 bits per heavy atom. The molecule has 0 spiro atoms. The molecule has 0 N–H and O–H groups in total. The molecule has 0 bridgehead atoms. The first-order valence-electron chi connectivity index (χ1n) is 5.16. The topological polar surface area (TPSA) is 26.3 Å². The van der Waals surface area contributed by atoms with Crippen LogP contribution in [0.1, 0.15) is 27.7 Å². The minimum Gasteiger partial charge on any atom is -0.452 e. The minimum atomic E-state index is -0.166. The fraction of sp³-hybridized carbons (Fsp3) is 0.615. The predicted octanol–water partition coefficient (Wildman–Crippen LogP) is 2.40. The van der Waals surface area contributed by atoms with Crippen LogP contribution in [-0.2, 0) is 9.53 Å². The monoisotopic (exact) mass is 206 g/mol. The van der Waals surface area contributed by atoms with Gasteiger partial charge in [0.25, 0.3) is 0 Å². The van der Waals surface area contributed by atoms with Crippen molar-refractivity contribution in [1.82, 2.24) is 0 Å². The standard InChI is InChI=1S/C13H18O2/c1-6-7-15-12(14)11-10(8-9(2)3)13(11,4)5/h1,8,10-11H,7H2,2-5H3. The lowest BCUT2D eigenvalue weighted by Gasteiger charge is -2.01. The predicted molar refractivity (Wildman–Crippen MR) is 60.0 cm³/mol. The first-order valence-corrected chi connectivity index (χ1v) is 5.16. The molecule has 0 aromatic carbocycles. The summed E-state index contributed by atoms with van der Waals surface area (Å²) in [6.45, 7) is 8.32. The smallest absolute Gasteiger partial charge is 0.311 e. The zero-order valence-corrected chi connectivity index (χ0v) is 9.83. The molecule has 15 heavy (non-hydrogen) atoms. The lowest BCUT2D eigenvalue weighted by molar-refractivity contribution is -0.144. The van der Waals surface area contributed by atoms with Crippen molar-refractivity contribution in [3.63, 3.8) is 0 Å². The summed E-state index contributed by atoms with van der Waals surface area (Å²) in [5.74, 6) is 2.41. The van der Waals surface area contributed by atoms with Gasteiger partial charge in [0.05, 0.1) is 5.92 Å². The average Bonchev–Trinajstić information content (AvgIpc) is 2.63. The number of hydrogen-bond acceptors (Lipinski definition) is 2. The van der Waals surface area contributed by atoms with Crippen LogP contribution in [0.3, 0.4) is 0 Å². The van der Waals surface area contributed by atoms with Crippen LogP contribution in [0.4, 0.5) is 0 Å². The van der Waals surface area contributed by atoms with E-state index in [4.69, 9.17) is 11.2 Å². The van der Waals surface area contributed by atoms with Gasteiger partial charge in [-0.1, -0.05) is 31.4 Å². The van der Waals surface area contributed by atoms with E-state index in [1.807, 2.05) is 13.8 Å². The number of terminal acetylenes is 1. The molecule has 1 saturated carbocycles. The van der Waals surface area contributed by atoms with E-state index in [1.165, 1.54) is 5.57 Å². The summed E-state index contributed by atoms with van der Waals surface area (Å²) < 4.78 is 4.96. The number of rotatable bonds is 3. The third-order valence-electron chi connectivity index (χ3n) is 2.98. The van der Waals surface area contributed by atoms with Crippen LogP contribution in [0, 0.1) is 29.6 Å². The van der Waals surface area contributed by atoms with Crippen LogP contribution in [0.15, 0.2) is 11.6 Å². The first-order chi connectivity index (χ1) is 6.91.